The Morgan fingerprint density at radius 2 is 1.75 bits per heavy atom. The average Bonchev–Trinajstić information content (AvgIpc) is 2.83. The highest BCUT2D eigenvalue weighted by molar-refractivity contribution is 5.85. The molecule has 3 heterocycles. The molecular weight excluding hydrogens is 410 g/mol. The van der Waals surface area contributed by atoms with Crippen LogP contribution in [0.25, 0.3) is 11.1 Å². The summed E-state index contributed by atoms with van der Waals surface area (Å²) in [6.45, 7) is 2.36. The van der Waals surface area contributed by atoms with E-state index in [1.165, 1.54) is 12.3 Å². The fraction of sp³-hybridized carbons (Fsp3) is 0.261. The number of aromatic carboxylic acids is 1. The maximum Gasteiger partial charge on any atom is 0.356 e. The van der Waals surface area contributed by atoms with Crippen molar-refractivity contribution in [3.05, 3.63) is 66.1 Å². The highest BCUT2D eigenvalue weighted by atomic mass is 16.4. The molecule has 32 heavy (non-hydrogen) atoms. The number of hydrogen-bond donors (Lipinski definition) is 2. The number of aromatic hydroxyl groups is 1. The third-order valence-electron chi connectivity index (χ3n) is 5.49. The van der Waals surface area contributed by atoms with Gasteiger partial charge in [0.05, 0.1) is 6.20 Å². The van der Waals surface area contributed by atoms with Crippen LogP contribution in [0.15, 0.2) is 54.9 Å². The number of carbonyl (C=O) groups excluding carboxylic acids is 1. The van der Waals surface area contributed by atoms with E-state index in [0.717, 1.165) is 16.7 Å². The van der Waals surface area contributed by atoms with Crippen LogP contribution < -0.4 is 4.90 Å². The first-order chi connectivity index (χ1) is 15.5. The molecule has 9 heteroatoms. The van der Waals surface area contributed by atoms with E-state index in [0.29, 0.717) is 44.8 Å². The highest BCUT2D eigenvalue weighted by Crippen LogP contribution is 2.26. The second kappa shape index (κ2) is 9.42. The molecule has 9 nitrogen and oxygen atoms in total. The van der Waals surface area contributed by atoms with E-state index in [2.05, 4.69) is 15.2 Å². The van der Waals surface area contributed by atoms with Gasteiger partial charge in [-0.05, 0) is 35.7 Å². The molecule has 2 aromatic heterocycles. The summed E-state index contributed by atoms with van der Waals surface area (Å²) >= 11 is 0. The molecule has 1 aliphatic heterocycles. The van der Waals surface area contributed by atoms with Crippen molar-refractivity contribution >= 4 is 17.7 Å². The number of aryl methyl sites for hydroxylation is 1. The minimum absolute atomic E-state index is 0.0841. The fourth-order valence-corrected chi connectivity index (χ4v) is 3.79. The maximum absolute atomic E-state index is 12.8. The van der Waals surface area contributed by atoms with Crippen LogP contribution in [-0.4, -0.2) is 68.3 Å². The SMILES string of the molecule is O=C(O)c1ccc(N2CCN(C(=O)CCc3ccccc3-c3cncc(O)c3)CC2)nn1. The predicted octanol–water partition coefficient (Wildman–Crippen LogP) is 2.22. The Kier molecular flexibility index (Phi) is 6.25. The number of anilines is 1. The van der Waals surface area contributed by atoms with Gasteiger partial charge in [0, 0.05) is 44.4 Å². The third-order valence-corrected chi connectivity index (χ3v) is 5.49. The van der Waals surface area contributed by atoms with Crippen LogP contribution in [0, 0.1) is 0 Å². The summed E-state index contributed by atoms with van der Waals surface area (Å²) in [6, 6.07) is 12.6. The largest absolute Gasteiger partial charge is 0.506 e. The van der Waals surface area contributed by atoms with E-state index >= 15 is 0 Å². The van der Waals surface area contributed by atoms with Crippen molar-refractivity contribution in [2.45, 2.75) is 12.8 Å². The Hall–Kier alpha value is -4.01. The Bertz CT molecular complexity index is 1110. The normalized spacial score (nSPS) is 13.8. The number of pyridine rings is 1. The first-order valence-electron chi connectivity index (χ1n) is 10.3. The molecule has 0 radical (unpaired) electrons. The van der Waals surface area contributed by atoms with E-state index in [9.17, 15) is 14.7 Å². The maximum atomic E-state index is 12.8. The van der Waals surface area contributed by atoms with Crippen molar-refractivity contribution in [2.75, 3.05) is 31.1 Å². The van der Waals surface area contributed by atoms with Gasteiger partial charge in [-0.25, -0.2) is 4.79 Å². The molecule has 0 unspecified atom stereocenters. The molecule has 164 valence electrons. The van der Waals surface area contributed by atoms with Crippen LogP contribution in [0.1, 0.15) is 22.5 Å². The Labute approximate surface area is 185 Å². The summed E-state index contributed by atoms with van der Waals surface area (Å²) in [5, 5.41) is 26.4. The lowest BCUT2D eigenvalue weighted by molar-refractivity contribution is -0.131. The van der Waals surface area contributed by atoms with Gasteiger partial charge >= 0.3 is 5.97 Å². The first-order valence-corrected chi connectivity index (χ1v) is 10.3. The number of carboxylic acids is 1. The van der Waals surface area contributed by atoms with E-state index in [1.807, 2.05) is 34.1 Å². The van der Waals surface area contributed by atoms with Crippen LogP contribution in [0.3, 0.4) is 0 Å². The van der Waals surface area contributed by atoms with Crippen LogP contribution >= 0.6 is 0 Å². The zero-order valence-electron chi connectivity index (χ0n) is 17.4. The summed E-state index contributed by atoms with van der Waals surface area (Å²) in [7, 11) is 0. The monoisotopic (exact) mass is 433 g/mol. The fourth-order valence-electron chi connectivity index (χ4n) is 3.79. The van der Waals surface area contributed by atoms with Gasteiger partial charge < -0.3 is 20.0 Å². The molecule has 1 fully saturated rings. The van der Waals surface area contributed by atoms with Gasteiger partial charge in [0.25, 0.3) is 0 Å². The molecule has 1 amide bonds. The molecule has 1 aliphatic rings. The average molecular weight is 433 g/mol. The number of carbonyl (C=O) groups is 2. The molecule has 2 N–H and O–H groups in total. The molecule has 1 saturated heterocycles. The topological polar surface area (TPSA) is 120 Å². The lowest BCUT2D eigenvalue weighted by Gasteiger charge is -2.35. The molecule has 0 aliphatic carbocycles. The van der Waals surface area contributed by atoms with E-state index in [1.54, 1.807) is 18.3 Å². The number of hydrogen-bond acceptors (Lipinski definition) is 7. The van der Waals surface area contributed by atoms with Gasteiger partial charge in [0.2, 0.25) is 5.91 Å². The zero-order valence-corrected chi connectivity index (χ0v) is 17.4. The van der Waals surface area contributed by atoms with Crippen LogP contribution in [0.4, 0.5) is 5.82 Å². The van der Waals surface area contributed by atoms with E-state index in [-0.39, 0.29) is 17.4 Å². The smallest absolute Gasteiger partial charge is 0.356 e. The predicted molar refractivity (Wildman–Crippen MR) is 117 cm³/mol. The van der Waals surface area contributed by atoms with Crippen molar-refractivity contribution in [2.24, 2.45) is 0 Å². The number of nitrogens with zero attached hydrogens (tertiary/aromatic N) is 5. The Morgan fingerprint density at radius 1 is 0.969 bits per heavy atom. The van der Waals surface area contributed by atoms with Gasteiger partial charge in [-0.15, -0.1) is 10.2 Å². The summed E-state index contributed by atoms with van der Waals surface area (Å²) in [4.78, 5) is 31.6. The van der Waals surface area contributed by atoms with Crippen LogP contribution in [0.5, 0.6) is 5.75 Å². The number of carboxylic acid groups (broad SMARTS) is 1. The standard InChI is InChI=1S/C23H23N5O4/c29-18-13-17(14-24-15-18)19-4-2-1-3-16(19)5-8-22(30)28-11-9-27(10-12-28)21-7-6-20(23(31)32)25-26-21/h1-4,6-7,13-15,29H,5,8-12H2,(H,31,32). The number of aromatic nitrogens is 3. The molecule has 0 saturated carbocycles. The molecule has 0 spiro atoms. The Balaban J connectivity index is 1.34. The lowest BCUT2D eigenvalue weighted by Crippen LogP contribution is -2.49. The van der Waals surface area contributed by atoms with Gasteiger partial charge in [-0.2, -0.15) is 0 Å². The second-order valence-electron chi connectivity index (χ2n) is 7.54. The first kappa shape index (κ1) is 21.2. The number of amides is 1. The van der Waals surface area contributed by atoms with Crippen LogP contribution in [-0.2, 0) is 11.2 Å². The quantitative estimate of drug-likeness (QED) is 0.607. The minimum Gasteiger partial charge on any atom is -0.506 e. The van der Waals surface area contributed by atoms with Crippen molar-refractivity contribution < 1.29 is 19.8 Å². The summed E-state index contributed by atoms with van der Waals surface area (Å²) in [5.74, 6) is -0.313. The molecule has 0 bridgehead atoms. The summed E-state index contributed by atoms with van der Waals surface area (Å²) in [5.41, 5.74) is 2.71. The van der Waals surface area contributed by atoms with Crippen molar-refractivity contribution in [3.8, 4) is 16.9 Å². The second-order valence-corrected chi connectivity index (χ2v) is 7.54. The van der Waals surface area contributed by atoms with Gasteiger partial charge in [-0.3, -0.25) is 9.78 Å². The third kappa shape index (κ3) is 4.83. The van der Waals surface area contributed by atoms with Gasteiger partial charge in [0.1, 0.15) is 5.75 Å². The Morgan fingerprint density at radius 3 is 2.44 bits per heavy atom. The minimum atomic E-state index is -1.11. The van der Waals surface area contributed by atoms with E-state index < -0.39 is 5.97 Å². The van der Waals surface area contributed by atoms with Crippen LogP contribution in [0.2, 0.25) is 0 Å². The number of rotatable bonds is 6. The number of piperazine rings is 1. The lowest BCUT2D eigenvalue weighted by atomic mass is 9.97. The molecule has 3 aromatic rings. The van der Waals surface area contributed by atoms with Crippen molar-refractivity contribution in [1.82, 2.24) is 20.1 Å². The summed E-state index contributed by atoms with van der Waals surface area (Å²) < 4.78 is 0. The molecule has 1 aromatic carbocycles. The summed E-state index contributed by atoms with van der Waals surface area (Å²) in [6.07, 6.45) is 4.07. The zero-order chi connectivity index (χ0) is 22.5. The van der Waals surface area contributed by atoms with E-state index in [4.69, 9.17) is 5.11 Å². The highest BCUT2D eigenvalue weighted by Gasteiger charge is 2.22. The number of benzene rings is 1. The molecular formula is C23H23N5O4. The van der Waals surface area contributed by atoms with Gasteiger partial charge in [-0.1, -0.05) is 24.3 Å². The molecule has 0 atom stereocenters. The van der Waals surface area contributed by atoms with Crippen molar-refractivity contribution in [3.63, 3.8) is 0 Å². The molecule has 4 rings (SSSR count). The van der Waals surface area contributed by atoms with Crippen molar-refractivity contribution in [1.29, 1.82) is 0 Å². The van der Waals surface area contributed by atoms with Gasteiger partial charge in [0.15, 0.2) is 11.5 Å².